The van der Waals surface area contributed by atoms with Gasteiger partial charge in [-0.15, -0.1) is 0 Å². The van der Waals surface area contributed by atoms with Crippen LogP contribution in [0, 0.1) is 0 Å². The molecule has 2 atom stereocenters. The molecule has 0 saturated heterocycles. The van der Waals surface area contributed by atoms with Crippen LogP contribution in [0.25, 0.3) is 0 Å². The molecule has 0 spiro atoms. The van der Waals surface area contributed by atoms with Crippen LogP contribution >= 0.6 is 11.8 Å². The highest BCUT2D eigenvalue weighted by atomic mass is 32.2. The van der Waals surface area contributed by atoms with Crippen molar-refractivity contribution in [3.63, 3.8) is 0 Å². The van der Waals surface area contributed by atoms with Crippen molar-refractivity contribution in [3.8, 4) is 0 Å². The average Bonchev–Trinajstić information content (AvgIpc) is 2.77. The van der Waals surface area contributed by atoms with Crippen LogP contribution in [0.2, 0.25) is 0 Å². The highest BCUT2D eigenvalue weighted by Gasteiger charge is 2.44. The maximum atomic E-state index is 10.3. The van der Waals surface area contributed by atoms with Gasteiger partial charge in [0, 0.05) is 11.8 Å². The lowest BCUT2D eigenvalue weighted by Crippen LogP contribution is -2.56. The van der Waals surface area contributed by atoms with Gasteiger partial charge in [0.25, 0.3) is 0 Å². The molecule has 2 unspecified atom stereocenters. The van der Waals surface area contributed by atoms with Gasteiger partial charge in [-0.3, -0.25) is 0 Å². The number of thioether (sulfide) groups is 1. The second kappa shape index (κ2) is 5.25. The maximum absolute atomic E-state index is 10.3. The molecular formula is C12H19NO2S. The molecule has 0 bridgehead atoms. The number of rotatable bonds is 6. The number of hydrogen-bond donors (Lipinski definition) is 2. The van der Waals surface area contributed by atoms with Gasteiger partial charge < -0.3 is 14.8 Å². The quantitative estimate of drug-likeness (QED) is 0.800. The van der Waals surface area contributed by atoms with Crippen LogP contribution in [-0.4, -0.2) is 28.3 Å². The number of aliphatic hydroxyl groups is 1. The van der Waals surface area contributed by atoms with Crippen molar-refractivity contribution in [2.45, 2.75) is 37.2 Å². The fourth-order valence-corrected chi connectivity index (χ4v) is 3.25. The normalized spacial score (nSPS) is 29.0. The Morgan fingerprint density at radius 3 is 3.12 bits per heavy atom. The van der Waals surface area contributed by atoms with Crippen molar-refractivity contribution in [3.05, 3.63) is 24.2 Å². The number of furan rings is 1. The second-order valence-electron chi connectivity index (χ2n) is 4.27. The average molecular weight is 241 g/mol. The maximum Gasteiger partial charge on any atom is 0.117 e. The molecule has 1 aromatic heterocycles. The first-order valence-corrected chi connectivity index (χ1v) is 6.86. The van der Waals surface area contributed by atoms with Crippen molar-refractivity contribution < 1.29 is 9.52 Å². The lowest BCUT2D eigenvalue weighted by Gasteiger charge is -2.45. The predicted molar refractivity (Wildman–Crippen MR) is 66.5 cm³/mol. The van der Waals surface area contributed by atoms with E-state index in [-0.39, 0.29) is 0 Å². The molecule has 1 aliphatic carbocycles. The molecule has 0 aliphatic heterocycles. The molecule has 1 heterocycles. The first-order chi connectivity index (χ1) is 7.74. The molecule has 1 aliphatic rings. The summed E-state index contributed by atoms with van der Waals surface area (Å²) in [6, 6.07) is 3.82. The highest BCUT2D eigenvalue weighted by Crippen LogP contribution is 2.40. The molecule has 16 heavy (non-hydrogen) atoms. The Balaban J connectivity index is 1.73. The van der Waals surface area contributed by atoms with Gasteiger partial charge in [0.2, 0.25) is 0 Å². The minimum atomic E-state index is -0.507. The molecule has 90 valence electrons. The van der Waals surface area contributed by atoms with E-state index >= 15 is 0 Å². The van der Waals surface area contributed by atoms with Gasteiger partial charge in [-0.2, -0.15) is 11.8 Å². The van der Waals surface area contributed by atoms with Crippen molar-refractivity contribution in [2.24, 2.45) is 0 Å². The minimum Gasteiger partial charge on any atom is -0.468 e. The SMILES string of the molecule is CCSC1CCC1(O)CNCc1ccco1. The van der Waals surface area contributed by atoms with Crippen molar-refractivity contribution >= 4 is 11.8 Å². The second-order valence-corrected chi connectivity index (χ2v) is 5.75. The number of nitrogens with one attached hydrogen (secondary N) is 1. The largest absolute Gasteiger partial charge is 0.468 e. The lowest BCUT2D eigenvalue weighted by molar-refractivity contribution is -0.0237. The fraction of sp³-hybridized carbons (Fsp3) is 0.667. The Bertz CT molecular complexity index is 315. The summed E-state index contributed by atoms with van der Waals surface area (Å²) in [5, 5.41) is 14.0. The van der Waals surface area contributed by atoms with Gasteiger partial charge in [-0.25, -0.2) is 0 Å². The molecule has 3 nitrogen and oxygen atoms in total. The molecule has 4 heteroatoms. The van der Waals surface area contributed by atoms with Crippen LogP contribution in [0.3, 0.4) is 0 Å². The van der Waals surface area contributed by atoms with Crippen molar-refractivity contribution in [1.29, 1.82) is 0 Å². The Labute approximate surface area is 101 Å². The lowest BCUT2D eigenvalue weighted by atomic mass is 9.79. The molecule has 0 amide bonds. The first kappa shape index (κ1) is 12.0. The molecule has 2 N–H and O–H groups in total. The molecule has 1 aromatic rings. The van der Waals surface area contributed by atoms with Crippen LogP contribution in [0.5, 0.6) is 0 Å². The first-order valence-electron chi connectivity index (χ1n) is 5.81. The van der Waals surface area contributed by atoms with Gasteiger partial charge in [0.1, 0.15) is 5.76 Å². The van der Waals surface area contributed by atoms with E-state index in [9.17, 15) is 5.11 Å². The van der Waals surface area contributed by atoms with E-state index in [0.29, 0.717) is 18.3 Å². The van der Waals surface area contributed by atoms with Crippen molar-refractivity contribution in [1.82, 2.24) is 5.32 Å². The zero-order chi connectivity index (χ0) is 11.4. The zero-order valence-corrected chi connectivity index (χ0v) is 10.4. The third-order valence-corrected chi connectivity index (χ3v) is 4.53. The Hall–Kier alpha value is -0.450. The summed E-state index contributed by atoms with van der Waals surface area (Å²) in [4.78, 5) is 0. The van der Waals surface area contributed by atoms with Gasteiger partial charge in [0.15, 0.2) is 0 Å². The highest BCUT2D eigenvalue weighted by molar-refractivity contribution is 8.00. The van der Waals surface area contributed by atoms with E-state index < -0.39 is 5.60 Å². The minimum absolute atomic E-state index is 0.404. The van der Waals surface area contributed by atoms with Gasteiger partial charge in [-0.05, 0) is 30.7 Å². The topological polar surface area (TPSA) is 45.4 Å². The van der Waals surface area contributed by atoms with Crippen LogP contribution in [0.1, 0.15) is 25.5 Å². The molecule has 0 aromatic carbocycles. The molecule has 1 saturated carbocycles. The zero-order valence-electron chi connectivity index (χ0n) is 9.61. The predicted octanol–water partition coefficient (Wildman–Crippen LogP) is 2.02. The summed E-state index contributed by atoms with van der Waals surface area (Å²) in [6.07, 6.45) is 3.72. The molecule has 2 rings (SSSR count). The number of hydrogen-bond acceptors (Lipinski definition) is 4. The smallest absolute Gasteiger partial charge is 0.117 e. The fourth-order valence-electron chi connectivity index (χ4n) is 2.05. The van der Waals surface area contributed by atoms with Crippen molar-refractivity contribution in [2.75, 3.05) is 12.3 Å². The molecule has 0 radical (unpaired) electrons. The van der Waals surface area contributed by atoms with E-state index in [1.165, 1.54) is 0 Å². The van der Waals surface area contributed by atoms with Crippen LogP contribution in [0.4, 0.5) is 0 Å². The Morgan fingerprint density at radius 2 is 2.56 bits per heavy atom. The van der Waals surface area contributed by atoms with Gasteiger partial charge >= 0.3 is 0 Å². The van der Waals surface area contributed by atoms with Gasteiger partial charge in [0.05, 0.1) is 18.4 Å². The van der Waals surface area contributed by atoms with Crippen LogP contribution in [-0.2, 0) is 6.54 Å². The Kier molecular flexibility index (Phi) is 3.95. The third kappa shape index (κ3) is 2.62. The van der Waals surface area contributed by atoms with E-state index in [1.54, 1.807) is 6.26 Å². The monoisotopic (exact) mass is 241 g/mol. The summed E-state index contributed by atoms with van der Waals surface area (Å²) >= 11 is 1.86. The summed E-state index contributed by atoms with van der Waals surface area (Å²) in [5.41, 5.74) is -0.507. The summed E-state index contributed by atoms with van der Waals surface area (Å²) in [7, 11) is 0. The van der Waals surface area contributed by atoms with E-state index in [1.807, 2.05) is 23.9 Å². The molecule has 1 fully saturated rings. The molecular weight excluding hydrogens is 222 g/mol. The summed E-state index contributed by atoms with van der Waals surface area (Å²) in [5.74, 6) is 1.99. The standard InChI is InChI=1S/C12H19NO2S/c1-2-16-11-5-6-12(11,14)9-13-8-10-4-3-7-15-10/h3-4,7,11,13-14H,2,5-6,8-9H2,1H3. The van der Waals surface area contributed by atoms with Crippen LogP contribution in [0.15, 0.2) is 22.8 Å². The van der Waals surface area contributed by atoms with Crippen LogP contribution < -0.4 is 5.32 Å². The van der Waals surface area contributed by atoms with E-state index in [0.717, 1.165) is 24.4 Å². The Morgan fingerprint density at radius 1 is 1.69 bits per heavy atom. The van der Waals surface area contributed by atoms with E-state index in [4.69, 9.17) is 4.42 Å². The van der Waals surface area contributed by atoms with E-state index in [2.05, 4.69) is 12.2 Å². The summed E-state index contributed by atoms with van der Waals surface area (Å²) in [6.45, 7) is 3.49. The van der Waals surface area contributed by atoms with Gasteiger partial charge in [-0.1, -0.05) is 6.92 Å². The third-order valence-electron chi connectivity index (χ3n) is 3.12. The summed E-state index contributed by atoms with van der Waals surface area (Å²) < 4.78 is 5.22.